The van der Waals surface area contributed by atoms with E-state index in [0.717, 1.165) is 15.5 Å². The molecule has 2 aromatic carbocycles. The van der Waals surface area contributed by atoms with Crippen LogP contribution in [0.1, 0.15) is 17.3 Å². The zero-order valence-corrected chi connectivity index (χ0v) is 12.3. The van der Waals surface area contributed by atoms with Gasteiger partial charge in [-0.2, -0.15) is 0 Å². The van der Waals surface area contributed by atoms with Gasteiger partial charge in [-0.05, 0) is 43.3 Å². The van der Waals surface area contributed by atoms with Crippen LogP contribution >= 0.6 is 11.8 Å². The first-order chi connectivity index (χ1) is 9.72. The molecule has 0 atom stereocenters. The van der Waals surface area contributed by atoms with Crippen LogP contribution in [0.2, 0.25) is 0 Å². The van der Waals surface area contributed by atoms with Crippen molar-refractivity contribution in [3.05, 3.63) is 54.1 Å². The van der Waals surface area contributed by atoms with E-state index in [0.29, 0.717) is 12.2 Å². The van der Waals surface area contributed by atoms with Crippen molar-refractivity contribution in [3.63, 3.8) is 0 Å². The van der Waals surface area contributed by atoms with E-state index in [1.165, 1.54) is 0 Å². The molecule has 0 heterocycles. The van der Waals surface area contributed by atoms with E-state index in [1.807, 2.05) is 42.5 Å². The minimum Gasteiger partial charge on any atom is -0.497 e. The molecule has 20 heavy (non-hydrogen) atoms. The van der Waals surface area contributed by atoms with Crippen LogP contribution in [0, 0.1) is 0 Å². The average molecular weight is 288 g/mol. The molecule has 104 valence electrons. The highest BCUT2D eigenvalue weighted by Gasteiger charge is 2.07. The molecule has 0 saturated heterocycles. The number of hydrogen-bond donors (Lipinski definition) is 0. The Balaban J connectivity index is 2.16. The monoisotopic (exact) mass is 288 g/mol. The third kappa shape index (κ3) is 3.78. The Kier molecular flexibility index (Phi) is 5.07. The Bertz CT molecular complexity index is 596. The van der Waals surface area contributed by atoms with Crippen molar-refractivity contribution in [2.45, 2.75) is 16.7 Å². The lowest BCUT2D eigenvalue weighted by atomic mass is 10.2. The molecule has 2 aromatic rings. The van der Waals surface area contributed by atoms with E-state index in [1.54, 1.807) is 31.9 Å². The van der Waals surface area contributed by atoms with E-state index >= 15 is 0 Å². The molecule has 0 aliphatic carbocycles. The van der Waals surface area contributed by atoms with E-state index in [2.05, 4.69) is 0 Å². The molecule has 0 amide bonds. The maximum atomic E-state index is 11.7. The van der Waals surface area contributed by atoms with Gasteiger partial charge in [-0.15, -0.1) is 0 Å². The third-order valence-electron chi connectivity index (χ3n) is 2.62. The van der Waals surface area contributed by atoms with Gasteiger partial charge in [0.25, 0.3) is 0 Å². The lowest BCUT2D eigenvalue weighted by Gasteiger charge is -2.06. The molecule has 3 nitrogen and oxygen atoms in total. The van der Waals surface area contributed by atoms with Crippen molar-refractivity contribution in [2.75, 3.05) is 13.7 Å². The summed E-state index contributed by atoms with van der Waals surface area (Å²) in [6.45, 7) is 2.18. The maximum Gasteiger partial charge on any atom is 0.338 e. The van der Waals surface area contributed by atoms with Gasteiger partial charge in [-0.25, -0.2) is 4.79 Å². The Labute approximate surface area is 122 Å². The molecular weight excluding hydrogens is 272 g/mol. The van der Waals surface area contributed by atoms with Crippen LogP contribution in [0.25, 0.3) is 0 Å². The van der Waals surface area contributed by atoms with Crippen molar-refractivity contribution in [1.29, 1.82) is 0 Å². The quantitative estimate of drug-likeness (QED) is 0.778. The number of carbonyl (C=O) groups is 1. The van der Waals surface area contributed by atoms with Gasteiger partial charge in [0.1, 0.15) is 5.75 Å². The number of esters is 1. The fraction of sp³-hybridized carbons (Fsp3) is 0.188. The number of methoxy groups -OCH3 is 1. The molecule has 0 fully saturated rings. The highest BCUT2D eigenvalue weighted by Crippen LogP contribution is 2.30. The normalized spacial score (nSPS) is 10.1. The summed E-state index contributed by atoms with van der Waals surface area (Å²) >= 11 is 1.58. The maximum absolute atomic E-state index is 11.7. The van der Waals surface area contributed by atoms with E-state index in [9.17, 15) is 4.79 Å². The van der Waals surface area contributed by atoms with Crippen LogP contribution in [0.4, 0.5) is 0 Å². The Morgan fingerprint density at radius 3 is 2.50 bits per heavy atom. The number of ether oxygens (including phenoxy) is 2. The van der Waals surface area contributed by atoms with Crippen LogP contribution in [-0.2, 0) is 4.74 Å². The Morgan fingerprint density at radius 2 is 1.80 bits per heavy atom. The van der Waals surface area contributed by atoms with Crippen LogP contribution in [0.15, 0.2) is 58.3 Å². The summed E-state index contributed by atoms with van der Waals surface area (Å²) in [5.74, 6) is 0.525. The zero-order valence-electron chi connectivity index (χ0n) is 11.5. The summed E-state index contributed by atoms with van der Waals surface area (Å²) < 4.78 is 10.2. The summed E-state index contributed by atoms with van der Waals surface area (Å²) in [5.41, 5.74) is 0.569. The Hall–Kier alpha value is -1.94. The molecule has 2 rings (SSSR count). The van der Waals surface area contributed by atoms with Gasteiger partial charge in [0, 0.05) is 9.79 Å². The smallest absolute Gasteiger partial charge is 0.338 e. The Morgan fingerprint density at radius 1 is 1.10 bits per heavy atom. The van der Waals surface area contributed by atoms with E-state index in [-0.39, 0.29) is 5.97 Å². The van der Waals surface area contributed by atoms with E-state index in [4.69, 9.17) is 9.47 Å². The third-order valence-corrected chi connectivity index (χ3v) is 3.60. The number of benzene rings is 2. The van der Waals surface area contributed by atoms with Crippen LogP contribution in [0.3, 0.4) is 0 Å². The summed E-state index contributed by atoms with van der Waals surface area (Å²) in [7, 11) is 1.64. The standard InChI is InChI=1S/C16H16O3S/c1-3-19-16(17)12-6-4-8-14(10-12)20-15-9-5-7-13(11-15)18-2/h4-11H,3H2,1-2H3. The predicted octanol–water partition coefficient (Wildman–Crippen LogP) is 4.02. The number of carbonyl (C=O) groups excluding carboxylic acids is 1. The van der Waals surface area contributed by atoms with Crippen molar-refractivity contribution < 1.29 is 14.3 Å². The highest BCUT2D eigenvalue weighted by molar-refractivity contribution is 7.99. The SMILES string of the molecule is CCOC(=O)c1cccc(Sc2cccc(OC)c2)c1. The lowest BCUT2D eigenvalue weighted by Crippen LogP contribution is -2.04. The van der Waals surface area contributed by atoms with Crippen LogP contribution in [0.5, 0.6) is 5.75 Å². The van der Waals surface area contributed by atoms with Crippen molar-refractivity contribution in [1.82, 2.24) is 0 Å². The van der Waals surface area contributed by atoms with Crippen molar-refractivity contribution >= 4 is 17.7 Å². The molecule has 0 saturated carbocycles. The molecule has 0 N–H and O–H groups in total. The fourth-order valence-electron chi connectivity index (χ4n) is 1.70. The molecule has 0 spiro atoms. The van der Waals surface area contributed by atoms with Crippen LogP contribution in [-0.4, -0.2) is 19.7 Å². The highest BCUT2D eigenvalue weighted by atomic mass is 32.2. The van der Waals surface area contributed by atoms with Gasteiger partial charge in [-0.1, -0.05) is 23.9 Å². The molecule has 0 aromatic heterocycles. The summed E-state index contributed by atoms with van der Waals surface area (Å²) in [5, 5.41) is 0. The largest absolute Gasteiger partial charge is 0.497 e. The molecule has 0 aliphatic heterocycles. The van der Waals surface area contributed by atoms with Crippen molar-refractivity contribution in [2.24, 2.45) is 0 Å². The second kappa shape index (κ2) is 7.01. The number of rotatable bonds is 5. The second-order valence-corrected chi connectivity index (χ2v) is 5.18. The number of hydrogen-bond acceptors (Lipinski definition) is 4. The van der Waals surface area contributed by atoms with Crippen LogP contribution < -0.4 is 4.74 Å². The summed E-state index contributed by atoms with van der Waals surface area (Å²) in [6.07, 6.45) is 0. The lowest BCUT2D eigenvalue weighted by molar-refractivity contribution is 0.0526. The van der Waals surface area contributed by atoms with Gasteiger partial charge < -0.3 is 9.47 Å². The predicted molar refractivity (Wildman–Crippen MR) is 79.5 cm³/mol. The van der Waals surface area contributed by atoms with Gasteiger partial charge >= 0.3 is 5.97 Å². The first-order valence-electron chi connectivity index (χ1n) is 6.32. The van der Waals surface area contributed by atoms with Crippen molar-refractivity contribution in [3.8, 4) is 5.75 Å². The first-order valence-corrected chi connectivity index (χ1v) is 7.13. The van der Waals surface area contributed by atoms with Gasteiger partial charge in [0.15, 0.2) is 0 Å². The zero-order chi connectivity index (χ0) is 14.4. The summed E-state index contributed by atoms with van der Waals surface area (Å²) in [4.78, 5) is 13.7. The average Bonchev–Trinajstić information content (AvgIpc) is 2.48. The van der Waals surface area contributed by atoms with Gasteiger partial charge in [0.05, 0.1) is 19.3 Å². The second-order valence-electron chi connectivity index (χ2n) is 4.03. The topological polar surface area (TPSA) is 35.5 Å². The minimum atomic E-state index is -0.291. The molecule has 4 heteroatoms. The first kappa shape index (κ1) is 14.5. The molecule has 0 unspecified atom stereocenters. The van der Waals surface area contributed by atoms with E-state index < -0.39 is 0 Å². The fourth-order valence-corrected chi connectivity index (χ4v) is 2.63. The molecule has 0 radical (unpaired) electrons. The molecule has 0 bridgehead atoms. The summed E-state index contributed by atoms with van der Waals surface area (Å²) in [6, 6.07) is 15.2. The van der Waals surface area contributed by atoms with Gasteiger partial charge in [-0.3, -0.25) is 0 Å². The minimum absolute atomic E-state index is 0.291. The van der Waals surface area contributed by atoms with Gasteiger partial charge in [0.2, 0.25) is 0 Å². The molecular formula is C16H16O3S. The molecule has 0 aliphatic rings.